The highest BCUT2D eigenvalue weighted by Gasteiger charge is 2.12. The second-order valence-electron chi connectivity index (χ2n) is 5.54. The highest BCUT2D eigenvalue weighted by atomic mass is 32.1. The van der Waals surface area contributed by atoms with Crippen molar-refractivity contribution in [2.24, 2.45) is 0 Å². The van der Waals surface area contributed by atoms with E-state index >= 15 is 0 Å². The van der Waals surface area contributed by atoms with E-state index in [9.17, 15) is 9.59 Å². The third-order valence-corrected chi connectivity index (χ3v) is 4.20. The maximum Gasteiger partial charge on any atom is 0.325 e. The van der Waals surface area contributed by atoms with Crippen LogP contribution in [0.3, 0.4) is 0 Å². The molecule has 3 N–H and O–H groups in total. The lowest BCUT2D eigenvalue weighted by Crippen LogP contribution is -2.19. The molecule has 1 heterocycles. The van der Waals surface area contributed by atoms with Crippen molar-refractivity contribution in [1.82, 2.24) is 10.2 Å². The normalized spacial score (nSPS) is 10.2. The van der Waals surface area contributed by atoms with Crippen LogP contribution in [0.25, 0.3) is 0 Å². The van der Waals surface area contributed by atoms with Gasteiger partial charge in [-0.25, -0.2) is 4.79 Å². The second-order valence-corrected chi connectivity index (χ2v) is 6.60. The van der Waals surface area contributed by atoms with Crippen molar-refractivity contribution in [3.8, 4) is 0 Å². The number of hydrogen-bond donors (Lipinski definition) is 3. The number of para-hydroxylation sites is 1. The summed E-state index contributed by atoms with van der Waals surface area (Å²) in [6.45, 7) is 1.98. The molecule has 132 valence electrons. The summed E-state index contributed by atoms with van der Waals surface area (Å²) in [6.07, 6.45) is 0.0908. The van der Waals surface area contributed by atoms with Gasteiger partial charge >= 0.3 is 6.03 Å². The summed E-state index contributed by atoms with van der Waals surface area (Å²) in [5.41, 5.74) is 2.52. The largest absolute Gasteiger partial charge is 0.326 e. The van der Waals surface area contributed by atoms with Crippen molar-refractivity contribution < 1.29 is 9.59 Å². The number of amides is 3. The molecule has 0 bridgehead atoms. The predicted molar refractivity (Wildman–Crippen MR) is 103 cm³/mol. The van der Waals surface area contributed by atoms with Crippen molar-refractivity contribution in [1.29, 1.82) is 0 Å². The van der Waals surface area contributed by atoms with E-state index in [1.807, 2.05) is 49.4 Å². The third-order valence-electron chi connectivity index (χ3n) is 3.37. The number of urea groups is 1. The molecule has 3 amide bonds. The van der Waals surface area contributed by atoms with Crippen molar-refractivity contribution in [2.45, 2.75) is 13.3 Å². The number of aryl methyl sites for hydroxylation is 1. The maximum absolute atomic E-state index is 12.1. The number of nitrogens with one attached hydrogen (secondary N) is 3. The molecule has 7 nitrogen and oxygen atoms in total. The predicted octanol–water partition coefficient (Wildman–Crippen LogP) is 3.67. The van der Waals surface area contributed by atoms with Crippen LogP contribution < -0.4 is 16.0 Å². The Balaban J connectivity index is 1.51. The van der Waals surface area contributed by atoms with E-state index in [2.05, 4.69) is 26.1 Å². The van der Waals surface area contributed by atoms with Crippen LogP contribution in [0.4, 0.5) is 21.3 Å². The van der Waals surface area contributed by atoms with Crippen molar-refractivity contribution in [3.05, 3.63) is 65.2 Å². The zero-order chi connectivity index (χ0) is 18.4. The number of hydrogen-bond acceptors (Lipinski definition) is 5. The molecule has 26 heavy (non-hydrogen) atoms. The van der Waals surface area contributed by atoms with Gasteiger partial charge in [0.05, 0.1) is 6.42 Å². The van der Waals surface area contributed by atoms with Crippen LogP contribution in [-0.4, -0.2) is 22.1 Å². The fourth-order valence-electron chi connectivity index (χ4n) is 2.14. The molecule has 1 aromatic heterocycles. The standard InChI is InChI=1S/C18H17N5O2S/c1-12-7-9-14(10-8-12)19-15(24)11-16-22-23-18(26-16)21-17(25)20-13-5-3-2-4-6-13/h2-10H,11H2,1H3,(H,19,24)(H2,20,21,23,25). The number of aromatic nitrogens is 2. The average Bonchev–Trinajstić information content (AvgIpc) is 3.04. The van der Waals surface area contributed by atoms with Gasteiger partial charge in [-0.3, -0.25) is 10.1 Å². The number of carbonyl (C=O) groups is 2. The van der Waals surface area contributed by atoms with Crippen LogP contribution >= 0.6 is 11.3 Å². The highest BCUT2D eigenvalue weighted by Crippen LogP contribution is 2.17. The van der Waals surface area contributed by atoms with Gasteiger partial charge in [0.1, 0.15) is 5.01 Å². The lowest BCUT2D eigenvalue weighted by atomic mass is 10.2. The summed E-state index contributed by atoms with van der Waals surface area (Å²) in [4.78, 5) is 24.0. The molecular weight excluding hydrogens is 350 g/mol. The molecule has 0 fully saturated rings. The van der Waals surface area contributed by atoms with Gasteiger partial charge in [0, 0.05) is 11.4 Å². The van der Waals surface area contributed by atoms with Gasteiger partial charge in [-0.1, -0.05) is 47.2 Å². The Labute approximate surface area is 154 Å². The van der Waals surface area contributed by atoms with Crippen LogP contribution in [-0.2, 0) is 11.2 Å². The van der Waals surface area contributed by atoms with E-state index in [1.165, 1.54) is 0 Å². The van der Waals surface area contributed by atoms with Gasteiger partial charge in [0.15, 0.2) is 0 Å². The van der Waals surface area contributed by atoms with Crippen LogP contribution in [0.2, 0.25) is 0 Å². The van der Waals surface area contributed by atoms with E-state index in [-0.39, 0.29) is 12.3 Å². The monoisotopic (exact) mass is 367 g/mol. The molecule has 0 aliphatic rings. The summed E-state index contributed by atoms with van der Waals surface area (Å²) < 4.78 is 0. The summed E-state index contributed by atoms with van der Waals surface area (Å²) in [6, 6.07) is 16.2. The zero-order valence-corrected chi connectivity index (χ0v) is 14.8. The van der Waals surface area contributed by atoms with Gasteiger partial charge in [0.25, 0.3) is 0 Å². The lowest BCUT2D eigenvalue weighted by molar-refractivity contribution is -0.115. The first-order valence-corrected chi connectivity index (χ1v) is 8.72. The van der Waals surface area contributed by atoms with Gasteiger partial charge in [-0.2, -0.15) is 0 Å². The third kappa shape index (κ3) is 5.12. The Morgan fingerprint density at radius 1 is 0.885 bits per heavy atom. The topological polar surface area (TPSA) is 96.0 Å². The summed E-state index contributed by atoms with van der Waals surface area (Å²) in [7, 11) is 0. The average molecular weight is 367 g/mol. The second kappa shape index (κ2) is 8.21. The number of benzene rings is 2. The summed E-state index contributed by atoms with van der Waals surface area (Å²) >= 11 is 1.16. The molecule has 0 aliphatic carbocycles. The molecule has 0 spiro atoms. The first-order valence-electron chi connectivity index (χ1n) is 7.90. The smallest absolute Gasteiger partial charge is 0.325 e. The number of carbonyl (C=O) groups excluding carboxylic acids is 2. The minimum absolute atomic E-state index is 0.0908. The Hall–Kier alpha value is -3.26. The molecule has 8 heteroatoms. The number of nitrogens with zero attached hydrogens (tertiary/aromatic N) is 2. The molecule has 3 aromatic rings. The summed E-state index contributed by atoms with van der Waals surface area (Å²) in [5, 5.41) is 16.8. The number of anilines is 3. The van der Waals surface area contributed by atoms with E-state index in [0.29, 0.717) is 15.8 Å². The van der Waals surface area contributed by atoms with Crippen molar-refractivity contribution >= 4 is 39.8 Å². The molecule has 0 unspecified atom stereocenters. The minimum Gasteiger partial charge on any atom is -0.326 e. The van der Waals surface area contributed by atoms with Gasteiger partial charge in [-0.15, -0.1) is 10.2 Å². The van der Waals surface area contributed by atoms with E-state index in [0.717, 1.165) is 22.6 Å². The molecule has 0 atom stereocenters. The van der Waals surface area contributed by atoms with E-state index < -0.39 is 6.03 Å². The Morgan fingerprint density at radius 2 is 1.58 bits per heavy atom. The molecule has 0 saturated heterocycles. The minimum atomic E-state index is -0.414. The first kappa shape index (κ1) is 17.6. The van der Waals surface area contributed by atoms with E-state index in [1.54, 1.807) is 12.1 Å². The van der Waals surface area contributed by atoms with Crippen molar-refractivity contribution in [3.63, 3.8) is 0 Å². The molecule has 0 radical (unpaired) electrons. The molecule has 3 rings (SSSR count). The maximum atomic E-state index is 12.1. The quantitative estimate of drug-likeness (QED) is 0.641. The fraction of sp³-hybridized carbons (Fsp3) is 0.111. The van der Waals surface area contributed by atoms with Crippen LogP contribution in [0.5, 0.6) is 0 Å². The Kier molecular flexibility index (Phi) is 5.55. The van der Waals surface area contributed by atoms with Crippen molar-refractivity contribution in [2.75, 3.05) is 16.0 Å². The molecule has 0 aliphatic heterocycles. The molecule has 2 aromatic carbocycles. The highest BCUT2D eigenvalue weighted by molar-refractivity contribution is 7.15. The van der Waals surface area contributed by atoms with Gasteiger partial charge in [-0.05, 0) is 31.2 Å². The zero-order valence-electron chi connectivity index (χ0n) is 14.0. The van der Waals surface area contributed by atoms with Gasteiger partial charge < -0.3 is 10.6 Å². The van der Waals surface area contributed by atoms with Crippen LogP contribution in [0.1, 0.15) is 10.6 Å². The lowest BCUT2D eigenvalue weighted by Gasteiger charge is -2.04. The Morgan fingerprint density at radius 3 is 2.31 bits per heavy atom. The number of rotatable bonds is 5. The van der Waals surface area contributed by atoms with Crippen LogP contribution in [0.15, 0.2) is 54.6 Å². The van der Waals surface area contributed by atoms with E-state index in [4.69, 9.17) is 0 Å². The summed E-state index contributed by atoms with van der Waals surface area (Å²) in [5.74, 6) is -0.190. The van der Waals surface area contributed by atoms with Gasteiger partial charge in [0.2, 0.25) is 11.0 Å². The fourth-order valence-corrected chi connectivity index (χ4v) is 2.87. The first-order chi connectivity index (χ1) is 12.6. The molecule has 0 saturated carbocycles. The Bertz CT molecular complexity index is 893. The SMILES string of the molecule is Cc1ccc(NC(=O)Cc2nnc(NC(=O)Nc3ccccc3)s2)cc1. The molecular formula is C18H17N5O2S. The van der Waals surface area contributed by atoms with Crippen LogP contribution in [0, 0.1) is 6.92 Å².